The van der Waals surface area contributed by atoms with Gasteiger partial charge in [-0.15, -0.1) is 0 Å². The van der Waals surface area contributed by atoms with Gasteiger partial charge in [0.25, 0.3) is 0 Å². The minimum absolute atomic E-state index is 0.635. The van der Waals surface area contributed by atoms with Gasteiger partial charge in [0.15, 0.2) is 0 Å². The molecule has 0 aliphatic carbocycles. The quantitative estimate of drug-likeness (QED) is 0.946. The molecule has 0 fully saturated rings. The van der Waals surface area contributed by atoms with Crippen LogP contribution in [-0.2, 0) is 6.42 Å². The number of imidazole rings is 1. The molecule has 0 saturated heterocycles. The van der Waals surface area contributed by atoms with E-state index in [0.29, 0.717) is 6.54 Å². The van der Waals surface area contributed by atoms with Gasteiger partial charge < -0.3 is 10.3 Å². The maximum atomic E-state index is 5.55. The van der Waals surface area contributed by atoms with Gasteiger partial charge in [-0.1, -0.05) is 15.9 Å². The van der Waals surface area contributed by atoms with Gasteiger partial charge in [-0.2, -0.15) is 0 Å². The first-order chi connectivity index (χ1) is 8.11. The van der Waals surface area contributed by atoms with E-state index in [0.717, 1.165) is 28.1 Å². The highest BCUT2D eigenvalue weighted by Crippen LogP contribution is 2.20. The molecule has 0 atom stereocenters. The lowest BCUT2D eigenvalue weighted by Crippen LogP contribution is -2.02. The van der Waals surface area contributed by atoms with Crippen molar-refractivity contribution < 1.29 is 0 Å². The van der Waals surface area contributed by atoms with Crippen molar-refractivity contribution in [1.29, 1.82) is 0 Å². The number of aryl methyl sites for hydroxylation is 2. The van der Waals surface area contributed by atoms with Crippen LogP contribution in [0.4, 0.5) is 0 Å². The largest absolute Gasteiger partial charge is 0.330 e. The minimum atomic E-state index is 0.635. The van der Waals surface area contributed by atoms with Crippen LogP contribution < -0.4 is 5.73 Å². The van der Waals surface area contributed by atoms with Crippen LogP contribution in [0.5, 0.6) is 0 Å². The highest BCUT2D eigenvalue weighted by Gasteiger charge is 2.06. The third-order valence-corrected chi connectivity index (χ3v) is 3.64. The zero-order chi connectivity index (χ0) is 12.4. The van der Waals surface area contributed by atoms with Gasteiger partial charge in [-0.25, -0.2) is 4.98 Å². The van der Waals surface area contributed by atoms with Crippen LogP contribution in [-0.4, -0.2) is 16.1 Å². The summed E-state index contributed by atoms with van der Waals surface area (Å²) in [5, 5.41) is 0. The van der Waals surface area contributed by atoms with E-state index >= 15 is 0 Å². The summed E-state index contributed by atoms with van der Waals surface area (Å²) in [5.74, 6) is 0.996. The van der Waals surface area contributed by atoms with Crippen molar-refractivity contribution in [2.75, 3.05) is 6.54 Å². The Kier molecular flexibility index (Phi) is 3.64. The average Bonchev–Trinajstić information content (AvgIpc) is 2.64. The van der Waals surface area contributed by atoms with E-state index < -0.39 is 0 Å². The Balaban J connectivity index is 2.41. The Morgan fingerprint density at radius 3 is 2.76 bits per heavy atom. The number of halogens is 1. The van der Waals surface area contributed by atoms with Crippen LogP contribution in [0.15, 0.2) is 28.9 Å². The maximum absolute atomic E-state index is 5.55. The molecule has 0 saturated carbocycles. The second kappa shape index (κ2) is 5.02. The molecule has 2 N–H and O–H groups in total. The van der Waals surface area contributed by atoms with E-state index in [1.54, 1.807) is 0 Å². The van der Waals surface area contributed by atoms with Crippen molar-refractivity contribution in [2.45, 2.75) is 20.3 Å². The van der Waals surface area contributed by atoms with E-state index in [2.05, 4.69) is 56.8 Å². The standard InChI is InChI=1S/C13H16BrN3/c1-9-7-12(3-4-13(9)14)17-8-11(5-6-15)16-10(17)2/h3-4,7-8H,5-6,15H2,1-2H3. The number of benzene rings is 1. The first kappa shape index (κ1) is 12.3. The van der Waals surface area contributed by atoms with Gasteiger partial charge in [0.1, 0.15) is 5.82 Å². The number of hydrogen-bond acceptors (Lipinski definition) is 2. The molecule has 0 aliphatic heterocycles. The minimum Gasteiger partial charge on any atom is -0.330 e. The van der Waals surface area contributed by atoms with Gasteiger partial charge >= 0.3 is 0 Å². The van der Waals surface area contributed by atoms with Crippen molar-refractivity contribution in [2.24, 2.45) is 5.73 Å². The Morgan fingerprint density at radius 2 is 2.12 bits per heavy atom. The zero-order valence-electron chi connectivity index (χ0n) is 10.1. The lowest BCUT2D eigenvalue weighted by Gasteiger charge is -2.06. The van der Waals surface area contributed by atoms with Crippen molar-refractivity contribution in [1.82, 2.24) is 9.55 Å². The van der Waals surface area contributed by atoms with Crippen LogP contribution in [0, 0.1) is 13.8 Å². The average molecular weight is 294 g/mol. The maximum Gasteiger partial charge on any atom is 0.110 e. The molecule has 4 heteroatoms. The Bertz CT molecular complexity index is 531. The molecule has 0 unspecified atom stereocenters. The lowest BCUT2D eigenvalue weighted by atomic mass is 10.2. The molecule has 1 aromatic heterocycles. The molecule has 1 aromatic carbocycles. The van der Waals surface area contributed by atoms with E-state index in [1.165, 1.54) is 5.56 Å². The SMILES string of the molecule is Cc1cc(-n2cc(CCN)nc2C)ccc1Br. The second-order valence-electron chi connectivity index (χ2n) is 4.12. The predicted molar refractivity (Wildman–Crippen MR) is 73.5 cm³/mol. The smallest absolute Gasteiger partial charge is 0.110 e. The molecule has 3 nitrogen and oxygen atoms in total. The van der Waals surface area contributed by atoms with Crippen LogP contribution in [0.1, 0.15) is 17.1 Å². The summed E-state index contributed by atoms with van der Waals surface area (Å²) in [4.78, 5) is 4.50. The Labute approximate surface area is 110 Å². The summed E-state index contributed by atoms with van der Waals surface area (Å²) in [7, 11) is 0. The van der Waals surface area contributed by atoms with Crippen LogP contribution in [0.2, 0.25) is 0 Å². The number of hydrogen-bond donors (Lipinski definition) is 1. The molecule has 0 spiro atoms. The fourth-order valence-electron chi connectivity index (χ4n) is 1.84. The van der Waals surface area contributed by atoms with Crippen molar-refractivity contribution >= 4 is 15.9 Å². The molecule has 0 amide bonds. The van der Waals surface area contributed by atoms with Gasteiger partial charge in [0, 0.05) is 22.8 Å². The summed E-state index contributed by atoms with van der Waals surface area (Å²) < 4.78 is 3.23. The van der Waals surface area contributed by atoms with E-state index in [4.69, 9.17) is 5.73 Å². The zero-order valence-corrected chi connectivity index (χ0v) is 11.7. The third-order valence-electron chi connectivity index (χ3n) is 2.75. The van der Waals surface area contributed by atoms with Gasteiger partial charge in [0.2, 0.25) is 0 Å². The van der Waals surface area contributed by atoms with Gasteiger partial charge in [-0.3, -0.25) is 0 Å². The summed E-state index contributed by atoms with van der Waals surface area (Å²) in [5.41, 5.74) is 8.95. The first-order valence-corrected chi connectivity index (χ1v) is 6.42. The van der Waals surface area contributed by atoms with Crippen molar-refractivity contribution in [3.05, 3.63) is 46.0 Å². The number of nitrogens with zero attached hydrogens (tertiary/aromatic N) is 2. The molecule has 17 heavy (non-hydrogen) atoms. The highest BCUT2D eigenvalue weighted by molar-refractivity contribution is 9.10. The number of aromatic nitrogens is 2. The molecule has 90 valence electrons. The lowest BCUT2D eigenvalue weighted by molar-refractivity contribution is 0.928. The van der Waals surface area contributed by atoms with Gasteiger partial charge in [-0.05, 0) is 44.2 Å². The molecule has 2 rings (SSSR count). The van der Waals surface area contributed by atoms with Crippen LogP contribution in [0.25, 0.3) is 5.69 Å². The number of nitrogens with two attached hydrogens (primary N) is 1. The molecular formula is C13H16BrN3. The van der Waals surface area contributed by atoms with Crippen LogP contribution in [0.3, 0.4) is 0 Å². The Morgan fingerprint density at radius 1 is 1.35 bits per heavy atom. The van der Waals surface area contributed by atoms with Crippen molar-refractivity contribution in [3.63, 3.8) is 0 Å². The summed E-state index contributed by atoms with van der Waals surface area (Å²) in [6, 6.07) is 6.29. The number of rotatable bonds is 3. The fourth-order valence-corrected chi connectivity index (χ4v) is 2.09. The van der Waals surface area contributed by atoms with Gasteiger partial charge in [0.05, 0.1) is 5.69 Å². The Hall–Kier alpha value is -1.13. The van der Waals surface area contributed by atoms with E-state index in [-0.39, 0.29) is 0 Å². The van der Waals surface area contributed by atoms with E-state index in [9.17, 15) is 0 Å². The van der Waals surface area contributed by atoms with Crippen LogP contribution >= 0.6 is 15.9 Å². The monoisotopic (exact) mass is 293 g/mol. The second-order valence-corrected chi connectivity index (χ2v) is 4.98. The summed E-state index contributed by atoms with van der Waals surface area (Å²) in [6.07, 6.45) is 2.88. The highest BCUT2D eigenvalue weighted by atomic mass is 79.9. The molecular weight excluding hydrogens is 278 g/mol. The third kappa shape index (κ3) is 2.58. The summed E-state index contributed by atoms with van der Waals surface area (Å²) >= 11 is 3.51. The molecule has 1 heterocycles. The van der Waals surface area contributed by atoms with E-state index in [1.807, 2.05) is 6.92 Å². The molecule has 0 bridgehead atoms. The first-order valence-electron chi connectivity index (χ1n) is 5.63. The topological polar surface area (TPSA) is 43.8 Å². The fraction of sp³-hybridized carbons (Fsp3) is 0.308. The summed E-state index contributed by atoms with van der Waals surface area (Å²) in [6.45, 7) is 4.73. The molecule has 0 radical (unpaired) electrons. The predicted octanol–water partition coefficient (Wildman–Crippen LogP) is 2.75. The molecule has 0 aliphatic rings. The van der Waals surface area contributed by atoms with Crippen molar-refractivity contribution in [3.8, 4) is 5.69 Å². The molecule has 2 aromatic rings. The normalized spacial score (nSPS) is 10.8.